The molecule has 2 heterocycles. The summed E-state index contributed by atoms with van der Waals surface area (Å²) in [6, 6.07) is 12.1. The van der Waals surface area contributed by atoms with Crippen molar-refractivity contribution < 1.29 is 4.74 Å². The quantitative estimate of drug-likeness (QED) is 0.747. The maximum Gasteiger partial charge on any atom is 0.215 e. The van der Waals surface area contributed by atoms with E-state index in [1.54, 1.807) is 7.11 Å². The van der Waals surface area contributed by atoms with Gasteiger partial charge in [-0.3, -0.25) is 4.57 Å². The van der Waals surface area contributed by atoms with Gasteiger partial charge in [-0.25, -0.2) is 0 Å². The van der Waals surface area contributed by atoms with Crippen molar-refractivity contribution in [3.05, 3.63) is 46.7 Å². The molecule has 0 aliphatic carbocycles. The van der Waals surface area contributed by atoms with E-state index in [-0.39, 0.29) is 0 Å². The number of hydrogen-bond acceptors (Lipinski definition) is 3. The number of rotatable bonds is 3. The normalized spacial score (nSPS) is 10.9. The first kappa shape index (κ1) is 12.9. The minimum atomic E-state index is 0.574. The first-order chi connectivity index (χ1) is 9.72. The van der Waals surface area contributed by atoms with E-state index in [0.717, 1.165) is 23.3 Å². The highest BCUT2D eigenvalue weighted by Crippen LogP contribution is 2.21. The molecule has 0 saturated heterocycles. The number of aromatic nitrogens is 3. The molecule has 3 rings (SSSR count). The molecule has 0 aliphatic heterocycles. The van der Waals surface area contributed by atoms with E-state index < -0.39 is 0 Å². The van der Waals surface area contributed by atoms with Crippen LogP contribution < -0.4 is 4.74 Å². The minimum absolute atomic E-state index is 0.574. The molecular weight excluding hydrogens is 270 g/mol. The van der Waals surface area contributed by atoms with E-state index in [2.05, 4.69) is 41.2 Å². The lowest BCUT2D eigenvalue weighted by Crippen LogP contribution is -1.97. The van der Waals surface area contributed by atoms with Crippen LogP contribution in [0.5, 0.6) is 5.88 Å². The van der Waals surface area contributed by atoms with Gasteiger partial charge in [0, 0.05) is 11.8 Å². The lowest BCUT2D eigenvalue weighted by Gasteiger charge is -2.06. The highest BCUT2D eigenvalue weighted by molar-refractivity contribution is 7.71. The van der Waals surface area contributed by atoms with Crippen LogP contribution >= 0.6 is 12.2 Å². The SMILES string of the molecule is CCc1ccc(-n2c(=S)[nH]c3ccc(OC)nc32)cc1. The summed E-state index contributed by atoms with van der Waals surface area (Å²) >= 11 is 5.40. The van der Waals surface area contributed by atoms with Crippen molar-refractivity contribution in [2.75, 3.05) is 7.11 Å². The number of aromatic amines is 1. The van der Waals surface area contributed by atoms with Crippen LogP contribution in [0.3, 0.4) is 0 Å². The number of benzene rings is 1. The number of aryl methyl sites for hydroxylation is 1. The number of imidazole rings is 1. The third-order valence-electron chi connectivity index (χ3n) is 3.32. The Kier molecular flexibility index (Phi) is 3.28. The van der Waals surface area contributed by atoms with E-state index in [9.17, 15) is 0 Å². The maximum absolute atomic E-state index is 5.40. The minimum Gasteiger partial charge on any atom is -0.481 e. The highest BCUT2D eigenvalue weighted by atomic mass is 32.1. The van der Waals surface area contributed by atoms with Crippen LogP contribution in [0.25, 0.3) is 16.9 Å². The van der Waals surface area contributed by atoms with Crippen LogP contribution in [-0.4, -0.2) is 21.6 Å². The molecule has 0 amide bonds. The summed E-state index contributed by atoms with van der Waals surface area (Å²) in [4.78, 5) is 7.64. The van der Waals surface area contributed by atoms with Crippen LogP contribution in [0.15, 0.2) is 36.4 Å². The van der Waals surface area contributed by atoms with Gasteiger partial charge in [-0.2, -0.15) is 4.98 Å². The third kappa shape index (κ3) is 2.10. The molecule has 4 nitrogen and oxygen atoms in total. The summed E-state index contributed by atoms with van der Waals surface area (Å²) in [5.74, 6) is 0.574. The smallest absolute Gasteiger partial charge is 0.215 e. The Labute approximate surface area is 122 Å². The molecule has 102 valence electrons. The van der Waals surface area contributed by atoms with Gasteiger partial charge in [0.1, 0.15) is 0 Å². The van der Waals surface area contributed by atoms with Crippen molar-refractivity contribution in [3.8, 4) is 11.6 Å². The zero-order chi connectivity index (χ0) is 14.1. The molecule has 3 aromatic rings. The monoisotopic (exact) mass is 285 g/mol. The van der Waals surface area contributed by atoms with Crippen LogP contribution in [0, 0.1) is 4.77 Å². The Morgan fingerprint density at radius 1 is 1.20 bits per heavy atom. The van der Waals surface area contributed by atoms with Gasteiger partial charge in [0.15, 0.2) is 10.4 Å². The summed E-state index contributed by atoms with van der Waals surface area (Å²) in [5.41, 5.74) is 3.97. The zero-order valence-electron chi connectivity index (χ0n) is 11.4. The Hall–Kier alpha value is -2.14. The summed E-state index contributed by atoms with van der Waals surface area (Å²) in [7, 11) is 1.61. The highest BCUT2D eigenvalue weighted by Gasteiger charge is 2.09. The number of pyridine rings is 1. The third-order valence-corrected chi connectivity index (χ3v) is 3.60. The Morgan fingerprint density at radius 2 is 1.95 bits per heavy atom. The molecule has 1 N–H and O–H groups in total. The van der Waals surface area contributed by atoms with Gasteiger partial charge in [0.25, 0.3) is 0 Å². The van der Waals surface area contributed by atoms with Gasteiger partial charge in [-0.05, 0) is 42.4 Å². The summed E-state index contributed by atoms with van der Waals surface area (Å²) in [5, 5.41) is 0. The average Bonchev–Trinajstić information content (AvgIpc) is 2.82. The number of hydrogen-bond donors (Lipinski definition) is 1. The molecule has 0 saturated carbocycles. The standard InChI is InChI=1S/C15H15N3OS/c1-3-10-4-6-11(7-5-10)18-14-12(16-15(18)20)8-9-13(17-14)19-2/h4-9H,3H2,1-2H3,(H,16,20). The fourth-order valence-corrected chi connectivity index (χ4v) is 2.50. The second-order valence-electron chi connectivity index (χ2n) is 4.51. The maximum atomic E-state index is 5.40. The number of nitrogens with zero attached hydrogens (tertiary/aromatic N) is 2. The topological polar surface area (TPSA) is 42.8 Å². The van der Waals surface area contributed by atoms with Gasteiger partial charge >= 0.3 is 0 Å². The lowest BCUT2D eigenvalue weighted by molar-refractivity contribution is 0.399. The average molecular weight is 285 g/mol. The van der Waals surface area contributed by atoms with Crippen molar-refractivity contribution in [2.24, 2.45) is 0 Å². The molecule has 2 aromatic heterocycles. The van der Waals surface area contributed by atoms with E-state index in [1.165, 1.54) is 5.56 Å². The molecule has 0 aliphatic rings. The Balaban J connectivity index is 2.23. The Morgan fingerprint density at radius 3 is 2.60 bits per heavy atom. The predicted molar refractivity (Wildman–Crippen MR) is 82.2 cm³/mol. The fourth-order valence-electron chi connectivity index (χ4n) is 2.20. The van der Waals surface area contributed by atoms with Crippen LogP contribution in [0.1, 0.15) is 12.5 Å². The second kappa shape index (κ2) is 5.09. The van der Waals surface area contributed by atoms with E-state index in [1.807, 2.05) is 16.7 Å². The van der Waals surface area contributed by atoms with Gasteiger partial charge in [0.2, 0.25) is 5.88 Å². The molecule has 5 heteroatoms. The molecule has 20 heavy (non-hydrogen) atoms. The van der Waals surface area contributed by atoms with Gasteiger partial charge in [-0.1, -0.05) is 19.1 Å². The largest absolute Gasteiger partial charge is 0.481 e. The molecule has 0 fully saturated rings. The summed E-state index contributed by atoms with van der Waals surface area (Å²) < 4.78 is 7.74. The molecule has 0 spiro atoms. The molecule has 0 atom stereocenters. The number of ether oxygens (including phenoxy) is 1. The van der Waals surface area contributed by atoms with Crippen molar-refractivity contribution in [1.29, 1.82) is 0 Å². The van der Waals surface area contributed by atoms with Crippen molar-refractivity contribution >= 4 is 23.4 Å². The van der Waals surface area contributed by atoms with Crippen molar-refractivity contribution in [1.82, 2.24) is 14.5 Å². The van der Waals surface area contributed by atoms with Gasteiger partial charge in [0.05, 0.1) is 12.6 Å². The fraction of sp³-hybridized carbons (Fsp3) is 0.200. The first-order valence-electron chi connectivity index (χ1n) is 6.48. The van der Waals surface area contributed by atoms with Crippen LogP contribution in [0.2, 0.25) is 0 Å². The summed E-state index contributed by atoms with van der Waals surface area (Å²) in [6.07, 6.45) is 1.02. The van der Waals surface area contributed by atoms with Crippen molar-refractivity contribution in [3.63, 3.8) is 0 Å². The number of fused-ring (bicyclic) bond motifs is 1. The van der Waals surface area contributed by atoms with Crippen molar-refractivity contribution in [2.45, 2.75) is 13.3 Å². The summed E-state index contributed by atoms with van der Waals surface area (Å²) in [6.45, 7) is 2.14. The van der Waals surface area contributed by atoms with E-state index in [4.69, 9.17) is 17.0 Å². The Bertz CT molecular complexity index is 802. The molecular formula is C15H15N3OS. The molecule has 0 bridgehead atoms. The molecule has 1 aromatic carbocycles. The molecule has 0 radical (unpaired) electrons. The van der Waals surface area contributed by atoms with E-state index in [0.29, 0.717) is 10.7 Å². The predicted octanol–water partition coefficient (Wildman–Crippen LogP) is 3.65. The zero-order valence-corrected chi connectivity index (χ0v) is 12.2. The van der Waals surface area contributed by atoms with E-state index >= 15 is 0 Å². The van der Waals surface area contributed by atoms with Crippen LogP contribution in [-0.2, 0) is 6.42 Å². The number of nitrogens with one attached hydrogen (secondary N) is 1. The van der Waals surface area contributed by atoms with Gasteiger partial charge < -0.3 is 9.72 Å². The lowest BCUT2D eigenvalue weighted by atomic mass is 10.1. The first-order valence-corrected chi connectivity index (χ1v) is 6.89. The number of methoxy groups -OCH3 is 1. The second-order valence-corrected chi connectivity index (χ2v) is 4.90. The van der Waals surface area contributed by atoms with Gasteiger partial charge in [-0.15, -0.1) is 0 Å². The number of H-pyrrole nitrogens is 1. The molecule has 0 unspecified atom stereocenters. The van der Waals surface area contributed by atoms with Crippen LogP contribution in [0.4, 0.5) is 0 Å².